The van der Waals surface area contributed by atoms with Crippen LogP contribution < -0.4 is 0 Å². The number of alkyl halides is 1. The van der Waals surface area contributed by atoms with Crippen molar-refractivity contribution in [3.05, 3.63) is 0 Å². The molecule has 0 heterocycles. The van der Waals surface area contributed by atoms with E-state index in [1.54, 1.807) is 0 Å². The van der Waals surface area contributed by atoms with Crippen LogP contribution in [0.15, 0.2) is 0 Å². The SMILES string of the molecule is [B]CCCCCCCCCCBr. The van der Waals surface area contributed by atoms with Gasteiger partial charge in [0.05, 0.1) is 7.85 Å². The predicted molar refractivity (Wildman–Crippen MR) is 61.3 cm³/mol. The standard InChI is InChI=1S/C10H20BBr/c11-9-7-5-3-1-2-4-6-8-10-12/h1-10H2. The molecule has 0 aromatic rings. The number of halogens is 1. The topological polar surface area (TPSA) is 0 Å². The molecule has 12 heavy (non-hydrogen) atoms. The highest BCUT2D eigenvalue weighted by atomic mass is 79.9. The van der Waals surface area contributed by atoms with Crippen molar-refractivity contribution in [2.24, 2.45) is 0 Å². The molecule has 0 nitrogen and oxygen atoms in total. The van der Waals surface area contributed by atoms with E-state index in [0.717, 1.165) is 6.32 Å². The summed E-state index contributed by atoms with van der Waals surface area (Å²) in [6, 6.07) is 0. The molecule has 0 saturated carbocycles. The molecule has 70 valence electrons. The Bertz CT molecular complexity index is 66.2. The normalized spacial score (nSPS) is 10.4. The molecule has 2 radical (unpaired) electrons. The van der Waals surface area contributed by atoms with E-state index in [1.165, 1.54) is 56.7 Å². The Hall–Kier alpha value is 0.545. The molecule has 0 aliphatic carbocycles. The lowest BCUT2D eigenvalue weighted by atomic mass is 9.98. The van der Waals surface area contributed by atoms with E-state index in [4.69, 9.17) is 7.85 Å². The highest BCUT2D eigenvalue weighted by Gasteiger charge is 1.90. The van der Waals surface area contributed by atoms with Crippen molar-refractivity contribution < 1.29 is 0 Å². The predicted octanol–water partition coefficient (Wildman–Crippen LogP) is 4.09. The first kappa shape index (κ1) is 12.5. The van der Waals surface area contributed by atoms with Gasteiger partial charge >= 0.3 is 0 Å². The number of rotatable bonds is 9. The average molecular weight is 231 g/mol. The lowest BCUT2D eigenvalue weighted by Crippen LogP contribution is -1.81. The van der Waals surface area contributed by atoms with Crippen LogP contribution in [0, 0.1) is 0 Å². The molecule has 0 bridgehead atoms. The van der Waals surface area contributed by atoms with Gasteiger partial charge in [-0.15, -0.1) is 0 Å². The maximum Gasteiger partial charge on any atom is 0.0653 e. The van der Waals surface area contributed by atoms with Gasteiger partial charge in [-0.1, -0.05) is 67.2 Å². The summed E-state index contributed by atoms with van der Waals surface area (Å²) in [4.78, 5) is 0. The smallest absolute Gasteiger partial charge is 0.0653 e. The zero-order valence-corrected chi connectivity index (χ0v) is 9.61. The summed E-state index contributed by atoms with van der Waals surface area (Å²) in [7, 11) is 5.40. The van der Waals surface area contributed by atoms with Crippen molar-refractivity contribution in [3.8, 4) is 0 Å². The van der Waals surface area contributed by atoms with E-state index in [1.807, 2.05) is 0 Å². The summed E-state index contributed by atoms with van der Waals surface area (Å²) in [6.45, 7) is 0. The highest BCUT2D eigenvalue weighted by molar-refractivity contribution is 9.09. The van der Waals surface area contributed by atoms with Crippen LogP contribution in [0.4, 0.5) is 0 Å². The van der Waals surface area contributed by atoms with E-state index in [-0.39, 0.29) is 0 Å². The Balaban J connectivity index is 2.73. The zero-order chi connectivity index (χ0) is 9.07. The van der Waals surface area contributed by atoms with Crippen molar-refractivity contribution in [2.75, 3.05) is 5.33 Å². The van der Waals surface area contributed by atoms with Gasteiger partial charge in [0.2, 0.25) is 0 Å². The molecule has 2 heteroatoms. The van der Waals surface area contributed by atoms with Crippen LogP contribution in [0.5, 0.6) is 0 Å². The van der Waals surface area contributed by atoms with Gasteiger partial charge in [-0.2, -0.15) is 0 Å². The summed E-state index contributed by atoms with van der Waals surface area (Å²) >= 11 is 3.44. The molecule has 0 rings (SSSR count). The van der Waals surface area contributed by atoms with Gasteiger partial charge in [-0.3, -0.25) is 0 Å². The van der Waals surface area contributed by atoms with Gasteiger partial charge in [0.1, 0.15) is 0 Å². The molecular weight excluding hydrogens is 211 g/mol. The van der Waals surface area contributed by atoms with Crippen molar-refractivity contribution >= 4 is 23.8 Å². The molecule has 0 spiro atoms. The molecule has 0 saturated heterocycles. The number of unbranched alkanes of at least 4 members (excludes halogenated alkanes) is 7. The van der Waals surface area contributed by atoms with Gasteiger partial charge in [0, 0.05) is 5.33 Å². The Morgan fingerprint density at radius 3 is 1.50 bits per heavy atom. The molecule has 0 aliphatic heterocycles. The number of hydrogen-bond acceptors (Lipinski definition) is 0. The molecular formula is C10H20BBr. The summed E-state index contributed by atoms with van der Waals surface area (Å²) in [5, 5.41) is 1.17. The first-order valence-electron chi connectivity index (χ1n) is 5.18. The molecule has 0 atom stereocenters. The largest absolute Gasteiger partial charge is 0.0928 e. The Morgan fingerprint density at radius 2 is 1.08 bits per heavy atom. The van der Waals surface area contributed by atoms with Crippen molar-refractivity contribution in [1.29, 1.82) is 0 Å². The molecule has 0 aromatic carbocycles. The summed E-state index contributed by atoms with van der Waals surface area (Å²) < 4.78 is 0. The second-order valence-electron chi connectivity index (χ2n) is 3.31. The van der Waals surface area contributed by atoms with Crippen LogP contribution in [-0.4, -0.2) is 13.2 Å². The van der Waals surface area contributed by atoms with Crippen LogP contribution in [0.1, 0.15) is 51.4 Å². The first-order valence-corrected chi connectivity index (χ1v) is 6.30. The van der Waals surface area contributed by atoms with Crippen molar-refractivity contribution in [2.45, 2.75) is 57.7 Å². The van der Waals surface area contributed by atoms with E-state index >= 15 is 0 Å². The number of hydrogen-bond donors (Lipinski definition) is 0. The Morgan fingerprint density at radius 1 is 0.667 bits per heavy atom. The minimum atomic E-state index is 0.865. The summed E-state index contributed by atoms with van der Waals surface area (Å²) in [5.41, 5.74) is 0. The fourth-order valence-electron chi connectivity index (χ4n) is 1.30. The summed E-state index contributed by atoms with van der Waals surface area (Å²) in [6.07, 6.45) is 11.7. The lowest BCUT2D eigenvalue weighted by Gasteiger charge is -1.99. The van der Waals surface area contributed by atoms with Crippen LogP contribution in [0.25, 0.3) is 0 Å². The molecule has 0 amide bonds. The Kier molecular flexibility index (Phi) is 12.1. The Labute approximate surface area is 87.0 Å². The monoisotopic (exact) mass is 230 g/mol. The minimum absolute atomic E-state index is 0.865. The fourth-order valence-corrected chi connectivity index (χ4v) is 1.70. The van der Waals surface area contributed by atoms with E-state index in [2.05, 4.69) is 15.9 Å². The fraction of sp³-hybridized carbons (Fsp3) is 1.00. The van der Waals surface area contributed by atoms with Gasteiger partial charge in [0.15, 0.2) is 0 Å². The minimum Gasteiger partial charge on any atom is -0.0928 e. The quantitative estimate of drug-likeness (QED) is 0.318. The second-order valence-corrected chi connectivity index (χ2v) is 4.10. The van der Waals surface area contributed by atoms with Crippen molar-refractivity contribution in [3.63, 3.8) is 0 Å². The van der Waals surface area contributed by atoms with Gasteiger partial charge < -0.3 is 0 Å². The zero-order valence-electron chi connectivity index (χ0n) is 8.03. The van der Waals surface area contributed by atoms with Gasteiger partial charge in [0.25, 0.3) is 0 Å². The summed E-state index contributed by atoms with van der Waals surface area (Å²) in [5.74, 6) is 0. The van der Waals surface area contributed by atoms with E-state index in [9.17, 15) is 0 Å². The molecule has 0 aromatic heterocycles. The third-order valence-corrected chi connectivity index (χ3v) is 2.65. The molecule has 0 N–H and O–H groups in total. The maximum atomic E-state index is 5.40. The van der Waals surface area contributed by atoms with Crippen LogP contribution in [-0.2, 0) is 0 Å². The second kappa shape index (κ2) is 11.5. The first-order chi connectivity index (χ1) is 5.91. The lowest BCUT2D eigenvalue weighted by molar-refractivity contribution is 0.587. The van der Waals surface area contributed by atoms with Gasteiger partial charge in [-0.05, 0) is 6.42 Å². The highest BCUT2D eigenvalue weighted by Crippen LogP contribution is 2.09. The van der Waals surface area contributed by atoms with Crippen LogP contribution in [0.3, 0.4) is 0 Å². The van der Waals surface area contributed by atoms with Crippen molar-refractivity contribution in [1.82, 2.24) is 0 Å². The average Bonchev–Trinajstić information content (AvgIpc) is 2.10. The van der Waals surface area contributed by atoms with Crippen LogP contribution >= 0.6 is 15.9 Å². The van der Waals surface area contributed by atoms with Crippen LogP contribution in [0.2, 0.25) is 6.32 Å². The van der Waals surface area contributed by atoms with Gasteiger partial charge in [-0.25, -0.2) is 0 Å². The third-order valence-electron chi connectivity index (χ3n) is 2.09. The maximum absolute atomic E-state index is 5.40. The van der Waals surface area contributed by atoms with E-state index < -0.39 is 0 Å². The van der Waals surface area contributed by atoms with E-state index in [0.29, 0.717) is 0 Å². The molecule has 0 fully saturated rings. The molecule has 0 unspecified atom stereocenters. The third kappa shape index (κ3) is 10.5. The molecule has 0 aliphatic rings.